The summed E-state index contributed by atoms with van der Waals surface area (Å²) in [6.45, 7) is 2.43. The zero-order valence-corrected chi connectivity index (χ0v) is 13.1. The number of hydrogen-bond donors (Lipinski definition) is 2. The summed E-state index contributed by atoms with van der Waals surface area (Å²) in [5.41, 5.74) is 0.965. The molecule has 0 radical (unpaired) electrons. The summed E-state index contributed by atoms with van der Waals surface area (Å²) in [5.74, 6) is 0.471. The van der Waals surface area contributed by atoms with E-state index in [0.717, 1.165) is 25.7 Å². The van der Waals surface area contributed by atoms with Gasteiger partial charge in [-0.25, -0.2) is 0 Å². The summed E-state index contributed by atoms with van der Waals surface area (Å²) < 4.78 is 10.5. The van der Waals surface area contributed by atoms with Crippen molar-refractivity contribution in [2.24, 2.45) is 0 Å². The number of aromatic nitrogens is 1. The molecule has 0 spiro atoms. The first-order valence-corrected chi connectivity index (χ1v) is 7.69. The summed E-state index contributed by atoms with van der Waals surface area (Å²) >= 11 is 0. The maximum absolute atomic E-state index is 11.1. The van der Waals surface area contributed by atoms with Crippen LogP contribution >= 0.6 is 0 Å². The Hall–Kier alpha value is -1.66. The number of esters is 1. The third kappa shape index (κ3) is 7.38. The Kier molecular flexibility index (Phi) is 9.18. The van der Waals surface area contributed by atoms with E-state index in [1.165, 1.54) is 0 Å². The fourth-order valence-electron chi connectivity index (χ4n) is 2.01. The molecule has 0 fully saturated rings. The molecule has 1 heterocycles. The van der Waals surface area contributed by atoms with Crippen LogP contribution < -0.4 is 4.74 Å². The fraction of sp³-hybridized carbons (Fsp3) is 0.625. The lowest BCUT2D eigenvalue weighted by Crippen LogP contribution is -2.04. The minimum atomic E-state index is -0.182. The van der Waals surface area contributed by atoms with Gasteiger partial charge in [-0.05, 0) is 19.8 Å². The van der Waals surface area contributed by atoms with Crippen molar-refractivity contribution in [2.75, 3.05) is 13.2 Å². The van der Waals surface area contributed by atoms with Crippen LogP contribution in [-0.2, 0) is 22.7 Å². The third-order valence-electron chi connectivity index (χ3n) is 3.08. The maximum Gasteiger partial charge on any atom is 0.305 e. The molecule has 6 nitrogen and oxygen atoms in total. The van der Waals surface area contributed by atoms with Gasteiger partial charge in [-0.15, -0.1) is 0 Å². The Morgan fingerprint density at radius 2 is 1.73 bits per heavy atom. The normalized spacial score (nSPS) is 10.5. The summed E-state index contributed by atoms with van der Waals surface area (Å²) in [7, 11) is 0. The van der Waals surface area contributed by atoms with E-state index in [0.29, 0.717) is 36.8 Å². The molecule has 1 aromatic heterocycles. The van der Waals surface area contributed by atoms with Crippen LogP contribution in [0.25, 0.3) is 0 Å². The average molecular weight is 311 g/mol. The minimum absolute atomic E-state index is 0.136. The molecule has 0 aliphatic carbocycles. The van der Waals surface area contributed by atoms with Crippen molar-refractivity contribution in [3.05, 3.63) is 23.5 Å². The highest BCUT2D eigenvalue weighted by Crippen LogP contribution is 2.15. The van der Waals surface area contributed by atoms with Gasteiger partial charge in [-0.1, -0.05) is 12.8 Å². The lowest BCUT2D eigenvalue weighted by atomic mass is 10.1. The van der Waals surface area contributed by atoms with Gasteiger partial charge in [0.05, 0.1) is 37.8 Å². The highest BCUT2D eigenvalue weighted by atomic mass is 16.5. The molecule has 1 aromatic rings. The van der Waals surface area contributed by atoms with Gasteiger partial charge in [0.25, 0.3) is 0 Å². The summed E-state index contributed by atoms with van der Waals surface area (Å²) in [6.07, 6.45) is 4.12. The van der Waals surface area contributed by atoms with Crippen LogP contribution in [0.15, 0.2) is 12.1 Å². The summed E-state index contributed by atoms with van der Waals surface area (Å²) in [6, 6.07) is 3.33. The van der Waals surface area contributed by atoms with Gasteiger partial charge in [0, 0.05) is 18.6 Å². The van der Waals surface area contributed by atoms with Gasteiger partial charge < -0.3 is 19.7 Å². The van der Waals surface area contributed by atoms with Crippen LogP contribution in [0.5, 0.6) is 5.75 Å². The van der Waals surface area contributed by atoms with E-state index in [2.05, 4.69) is 4.98 Å². The van der Waals surface area contributed by atoms with E-state index in [9.17, 15) is 4.79 Å². The van der Waals surface area contributed by atoms with Crippen molar-refractivity contribution in [3.8, 4) is 5.75 Å². The van der Waals surface area contributed by atoms with Gasteiger partial charge in [0.1, 0.15) is 5.75 Å². The first-order chi connectivity index (χ1) is 10.7. The first kappa shape index (κ1) is 18.4. The first-order valence-electron chi connectivity index (χ1n) is 7.69. The number of aliphatic hydroxyl groups excluding tert-OH is 2. The number of carbonyl (C=O) groups is 1. The van der Waals surface area contributed by atoms with Crippen molar-refractivity contribution in [2.45, 2.75) is 52.2 Å². The van der Waals surface area contributed by atoms with Crippen LogP contribution in [0, 0.1) is 0 Å². The molecule has 0 amide bonds. The molecule has 124 valence electrons. The smallest absolute Gasteiger partial charge is 0.305 e. The van der Waals surface area contributed by atoms with Crippen molar-refractivity contribution < 1.29 is 24.5 Å². The van der Waals surface area contributed by atoms with E-state index in [4.69, 9.17) is 19.7 Å². The van der Waals surface area contributed by atoms with E-state index < -0.39 is 0 Å². The van der Waals surface area contributed by atoms with Crippen LogP contribution in [-0.4, -0.2) is 34.4 Å². The van der Waals surface area contributed by atoms with Gasteiger partial charge >= 0.3 is 5.97 Å². The molecule has 1 rings (SSSR count). The molecule has 0 aromatic carbocycles. The van der Waals surface area contributed by atoms with Crippen molar-refractivity contribution in [3.63, 3.8) is 0 Å². The van der Waals surface area contributed by atoms with Crippen molar-refractivity contribution >= 4 is 5.97 Å². The molecule has 0 unspecified atom stereocenters. The van der Waals surface area contributed by atoms with E-state index in [1.807, 2.05) is 0 Å². The molecule has 2 N–H and O–H groups in total. The highest BCUT2D eigenvalue weighted by molar-refractivity contribution is 5.69. The number of unbranched alkanes of at least 4 members (excludes halogenated alkanes) is 3. The van der Waals surface area contributed by atoms with Gasteiger partial charge in [0.15, 0.2) is 0 Å². The standard InChI is InChI=1S/C16H25NO5/c1-2-21-16(20)7-5-3-4-6-8-22-15-9-13(11-18)17-14(10-15)12-19/h9-10,18-19H,2-8,11-12H2,1H3. The third-order valence-corrected chi connectivity index (χ3v) is 3.08. The van der Waals surface area contributed by atoms with E-state index in [1.54, 1.807) is 19.1 Å². The largest absolute Gasteiger partial charge is 0.493 e. The molecule has 0 bridgehead atoms. The molecule has 0 saturated heterocycles. The van der Waals surface area contributed by atoms with Crippen LogP contribution in [0.4, 0.5) is 0 Å². The number of carbonyl (C=O) groups excluding carboxylic acids is 1. The molecule has 0 aliphatic heterocycles. The van der Waals surface area contributed by atoms with Gasteiger partial charge in [0.2, 0.25) is 0 Å². The Bertz CT molecular complexity index is 428. The van der Waals surface area contributed by atoms with Crippen molar-refractivity contribution in [1.82, 2.24) is 4.98 Å². The molecule has 0 saturated carbocycles. The second-order valence-corrected chi connectivity index (χ2v) is 4.92. The molecular weight excluding hydrogens is 286 g/mol. The SMILES string of the molecule is CCOC(=O)CCCCCCOc1cc(CO)nc(CO)c1. The number of ether oxygens (including phenoxy) is 2. The average Bonchev–Trinajstić information content (AvgIpc) is 2.53. The fourth-order valence-corrected chi connectivity index (χ4v) is 2.01. The molecule has 22 heavy (non-hydrogen) atoms. The van der Waals surface area contributed by atoms with Crippen molar-refractivity contribution in [1.29, 1.82) is 0 Å². The van der Waals surface area contributed by atoms with Crippen LogP contribution in [0.1, 0.15) is 50.4 Å². The Morgan fingerprint density at radius 3 is 2.32 bits per heavy atom. The number of rotatable bonds is 11. The maximum atomic E-state index is 11.1. The topological polar surface area (TPSA) is 88.9 Å². The number of pyridine rings is 1. The second kappa shape index (κ2) is 11.0. The molecular formula is C16H25NO5. The van der Waals surface area contributed by atoms with E-state index >= 15 is 0 Å². The van der Waals surface area contributed by atoms with Crippen LogP contribution in [0.2, 0.25) is 0 Å². The summed E-state index contributed by atoms with van der Waals surface area (Å²) in [4.78, 5) is 15.2. The summed E-state index contributed by atoms with van der Waals surface area (Å²) in [5, 5.41) is 18.2. The molecule has 0 atom stereocenters. The monoisotopic (exact) mass is 311 g/mol. The predicted octanol–water partition coefficient (Wildman–Crippen LogP) is 1.96. The van der Waals surface area contributed by atoms with Gasteiger partial charge in [-0.3, -0.25) is 9.78 Å². The van der Waals surface area contributed by atoms with E-state index in [-0.39, 0.29) is 19.2 Å². The highest BCUT2D eigenvalue weighted by Gasteiger charge is 2.03. The lowest BCUT2D eigenvalue weighted by molar-refractivity contribution is -0.143. The quantitative estimate of drug-likeness (QED) is 0.480. The Balaban J connectivity index is 2.18. The zero-order valence-electron chi connectivity index (χ0n) is 13.1. The number of nitrogens with zero attached hydrogens (tertiary/aromatic N) is 1. The Labute approximate surface area is 131 Å². The predicted molar refractivity (Wildman–Crippen MR) is 81.3 cm³/mol. The zero-order chi connectivity index (χ0) is 16.2. The number of aliphatic hydroxyl groups is 2. The minimum Gasteiger partial charge on any atom is -0.493 e. The van der Waals surface area contributed by atoms with Gasteiger partial charge in [-0.2, -0.15) is 0 Å². The second-order valence-electron chi connectivity index (χ2n) is 4.92. The lowest BCUT2D eigenvalue weighted by Gasteiger charge is -2.09. The molecule has 6 heteroatoms. The Morgan fingerprint density at radius 1 is 1.09 bits per heavy atom. The molecule has 0 aliphatic rings. The van der Waals surface area contributed by atoms with Crippen LogP contribution in [0.3, 0.4) is 0 Å². The number of hydrogen-bond acceptors (Lipinski definition) is 6.